The first kappa shape index (κ1) is 24.0. The monoisotopic (exact) mass is 472 g/mol. The van der Waals surface area contributed by atoms with Crippen molar-refractivity contribution in [3.8, 4) is 0 Å². The van der Waals surface area contributed by atoms with Gasteiger partial charge in [-0.25, -0.2) is 18.2 Å². The number of halogens is 3. The van der Waals surface area contributed by atoms with Gasteiger partial charge in [0.2, 0.25) is 0 Å². The lowest BCUT2D eigenvalue weighted by Crippen LogP contribution is -2.31. The molecular formula is C25H31F3N6. The Morgan fingerprint density at radius 3 is 2.41 bits per heavy atom. The van der Waals surface area contributed by atoms with Crippen molar-refractivity contribution in [1.82, 2.24) is 19.7 Å². The summed E-state index contributed by atoms with van der Waals surface area (Å²) >= 11 is 0. The zero-order valence-corrected chi connectivity index (χ0v) is 19.9. The summed E-state index contributed by atoms with van der Waals surface area (Å²) in [6.45, 7) is 6.13. The summed E-state index contributed by atoms with van der Waals surface area (Å²) in [5, 5.41) is 13.4. The molecule has 3 aromatic rings. The summed E-state index contributed by atoms with van der Waals surface area (Å²) in [6, 6.07) is 4.00. The highest BCUT2D eigenvalue weighted by Crippen LogP contribution is 2.31. The molecule has 1 fully saturated rings. The predicted molar refractivity (Wildman–Crippen MR) is 127 cm³/mol. The lowest BCUT2D eigenvalue weighted by atomic mass is 10.1. The number of anilines is 1. The maximum Gasteiger partial charge on any atom is 0.194 e. The third-order valence-corrected chi connectivity index (χ3v) is 6.67. The van der Waals surface area contributed by atoms with Crippen molar-refractivity contribution in [1.29, 1.82) is 5.41 Å². The van der Waals surface area contributed by atoms with Gasteiger partial charge in [-0.15, -0.1) is 0 Å². The van der Waals surface area contributed by atoms with E-state index in [0.717, 1.165) is 59.7 Å². The lowest BCUT2D eigenvalue weighted by Gasteiger charge is -2.29. The van der Waals surface area contributed by atoms with E-state index in [2.05, 4.69) is 23.0 Å². The SMILES string of the molecule is CCN(CC1CCCC1)c1nc2c(cc1CN(C=N)Cc1cc(F)c(F)c(F)c1)c(C)nn2C. The first-order chi connectivity index (χ1) is 16.3. The molecule has 0 spiro atoms. The van der Waals surface area contributed by atoms with Crippen LogP contribution < -0.4 is 4.90 Å². The second-order valence-electron chi connectivity index (χ2n) is 9.15. The Bertz CT molecular complexity index is 1160. The van der Waals surface area contributed by atoms with Gasteiger partial charge < -0.3 is 9.80 Å². The van der Waals surface area contributed by atoms with E-state index in [9.17, 15) is 13.2 Å². The molecule has 9 heteroatoms. The molecule has 0 saturated heterocycles. The number of hydrogen-bond donors (Lipinski definition) is 1. The van der Waals surface area contributed by atoms with Crippen LogP contribution in [0.5, 0.6) is 0 Å². The Labute approximate surface area is 197 Å². The summed E-state index contributed by atoms with van der Waals surface area (Å²) in [4.78, 5) is 8.91. The number of nitrogens with zero attached hydrogens (tertiary/aromatic N) is 5. The number of nitrogens with one attached hydrogen (secondary N) is 1. The first-order valence-electron chi connectivity index (χ1n) is 11.8. The maximum atomic E-state index is 13.7. The fourth-order valence-electron chi connectivity index (χ4n) is 4.93. The van der Waals surface area contributed by atoms with Crippen LogP contribution in [0, 0.1) is 35.7 Å². The molecule has 0 unspecified atom stereocenters. The molecule has 1 aliphatic carbocycles. The zero-order valence-electron chi connectivity index (χ0n) is 19.9. The molecular weight excluding hydrogens is 441 g/mol. The van der Waals surface area contributed by atoms with Gasteiger partial charge in [0.1, 0.15) is 5.82 Å². The van der Waals surface area contributed by atoms with Crippen molar-refractivity contribution in [2.75, 3.05) is 18.0 Å². The van der Waals surface area contributed by atoms with Crippen LogP contribution in [-0.4, -0.2) is 39.1 Å². The van der Waals surface area contributed by atoms with Crippen LogP contribution in [-0.2, 0) is 20.1 Å². The quantitative estimate of drug-likeness (QED) is 0.260. The molecule has 1 aromatic carbocycles. The van der Waals surface area contributed by atoms with E-state index >= 15 is 0 Å². The normalized spacial score (nSPS) is 14.2. The summed E-state index contributed by atoms with van der Waals surface area (Å²) in [5.41, 5.74) is 2.83. The standard InChI is InChI=1S/C25H31F3N6/c1-4-34(13-17-7-5-6-8-17)24-19(11-20-16(2)31-32(3)25(20)30-24)14-33(15-29)12-18-9-21(26)23(28)22(27)10-18/h9-11,15,17,29H,4-8,12-14H2,1-3H3. The van der Waals surface area contributed by atoms with E-state index in [1.165, 1.54) is 25.7 Å². The van der Waals surface area contributed by atoms with Crippen molar-refractivity contribution in [2.45, 2.75) is 52.6 Å². The van der Waals surface area contributed by atoms with E-state index in [-0.39, 0.29) is 12.1 Å². The number of rotatable bonds is 9. The van der Waals surface area contributed by atoms with Gasteiger partial charge in [0.25, 0.3) is 0 Å². The third-order valence-electron chi connectivity index (χ3n) is 6.67. The molecule has 0 aliphatic heterocycles. The predicted octanol–water partition coefficient (Wildman–Crippen LogP) is 5.32. The number of hydrogen-bond acceptors (Lipinski definition) is 4. The van der Waals surface area contributed by atoms with Gasteiger partial charge in [-0.3, -0.25) is 10.1 Å². The molecule has 182 valence electrons. The average Bonchev–Trinajstić information content (AvgIpc) is 3.42. The second-order valence-corrected chi connectivity index (χ2v) is 9.15. The molecule has 4 rings (SSSR count). The molecule has 2 aromatic heterocycles. The van der Waals surface area contributed by atoms with Crippen LogP contribution in [0.1, 0.15) is 49.4 Å². The van der Waals surface area contributed by atoms with Crippen molar-refractivity contribution < 1.29 is 13.2 Å². The Kier molecular flexibility index (Phi) is 7.09. The fraction of sp³-hybridized carbons (Fsp3) is 0.480. The van der Waals surface area contributed by atoms with Crippen molar-refractivity contribution >= 4 is 23.2 Å². The Hall–Kier alpha value is -3.10. The topological polar surface area (TPSA) is 61.0 Å². The van der Waals surface area contributed by atoms with Crippen LogP contribution in [0.25, 0.3) is 11.0 Å². The van der Waals surface area contributed by atoms with Gasteiger partial charge in [-0.05, 0) is 56.4 Å². The van der Waals surface area contributed by atoms with Crippen LogP contribution in [0.3, 0.4) is 0 Å². The van der Waals surface area contributed by atoms with Gasteiger partial charge in [0, 0.05) is 44.2 Å². The molecule has 6 nitrogen and oxygen atoms in total. The highest BCUT2D eigenvalue weighted by Gasteiger charge is 2.23. The zero-order chi connectivity index (χ0) is 24.4. The van der Waals surface area contributed by atoms with Gasteiger partial charge in [0.15, 0.2) is 23.1 Å². The molecule has 0 bridgehead atoms. The van der Waals surface area contributed by atoms with Gasteiger partial charge in [0.05, 0.1) is 12.0 Å². The average molecular weight is 473 g/mol. The van der Waals surface area contributed by atoms with Gasteiger partial charge in [-0.2, -0.15) is 5.10 Å². The highest BCUT2D eigenvalue weighted by atomic mass is 19.2. The second kappa shape index (κ2) is 10.0. The van der Waals surface area contributed by atoms with E-state index in [1.807, 2.05) is 14.0 Å². The number of aryl methyl sites for hydroxylation is 2. The van der Waals surface area contributed by atoms with Crippen LogP contribution in [0.15, 0.2) is 18.2 Å². The molecule has 34 heavy (non-hydrogen) atoms. The van der Waals surface area contributed by atoms with Crippen molar-refractivity contribution in [2.24, 2.45) is 13.0 Å². The fourth-order valence-corrected chi connectivity index (χ4v) is 4.93. The number of aromatic nitrogens is 3. The molecule has 0 amide bonds. The molecule has 0 radical (unpaired) electrons. The molecule has 1 saturated carbocycles. The first-order valence-corrected chi connectivity index (χ1v) is 11.8. The van der Waals surface area contributed by atoms with Gasteiger partial charge >= 0.3 is 0 Å². The van der Waals surface area contributed by atoms with Gasteiger partial charge in [-0.1, -0.05) is 12.8 Å². The number of benzene rings is 1. The molecule has 1 N–H and O–H groups in total. The Balaban J connectivity index is 1.69. The summed E-state index contributed by atoms with van der Waals surface area (Å²) in [5.74, 6) is -2.48. The van der Waals surface area contributed by atoms with E-state index < -0.39 is 17.5 Å². The Morgan fingerprint density at radius 2 is 1.79 bits per heavy atom. The maximum absolute atomic E-state index is 13.7. The highest BCUT2D eigenvalue weighted by molar-refractivity contribution is 5.81. The lowest BCUT2D eigenvalue weighted by molar-refractivity contribution is 0.405. The summed E-state index contributed by atoms with van der Waals surface area (Å²) in [7, 11) is 1.88. The smallest absolute Gasteiger partial charge is 0.194 e. The van der Waals surface area contributed by atoms with E-state index in [4.69, 9.17) is 10.4 Å². The number of pyridine rings is 1. The summed E-state index contributed by atoms with van der Waals surface area (Å²) in [6.07, 6.45) is 6.08. The number of fused-ring (bicyclic) bond motifs is 1. The van der Waals surface area contributed by atoms with Crippen LogP contribution in [0.4, 0.5) is 19.0 Å². The molecule has 0 atom stereocenters. The van der Waals surface area contributed by atoms with E-state index in [0.29, 0.717) is 12.5 Å². The summed E-state index contributed by atoms with van der Waals surface area (Å²) < 4.78 is 42.6. The van der Waals surface area contributed by atoms with Crippen LogP contribution >= 0.6 is 0 Å². The van der Waals surface area contributed by atoms with Crippen molar-refractivity contribution in [3.63, 3.8) is 0 Å². The van der Waals surface area contributed by atoms with E-state index in [1.54, 1.807) is 9.58 Å². The minimum Gasteiger partial charge on any atom is -0.356 e. The molecule has 2 heterocycles. The van der Waals surface area contributed by atoms with Crippen LogP contribution in [0.2, 0.25) is 0 Å². The molecule has 1 aliphatic rings. The Morgan fingerprint density at radius 1 is 1.12 bits per heavy atom. The minimum atomic E-state index is -1.49. The van der Waals surface area contributed by atoms with Crippen molar-refractivity contribution in [3.05, 3.63) is 52.5 Å². The minimum absolute atomic E-state index is 0.0653. The third kappa shape index (κ3) is 4.88. The largest absolute Gasteiger partial charge is 0.356 e.